The Morgan fingerprint density at radius 3 is 1.32 bits per heavy atom. The lowest BCUT2D eigenvalue weighted by Gasteiger charge is -2.24. The van der Waals surface area contributed by atoms with Gasteiger partial charge in [0, 0.05) is 17.6 Å². The molecule has 0 amide bonds. The minimum atomic E-state index is -6.09. The van der Waals surface area contributed by atoms with Crippen molar-refractivity contribution in [3.63, 3.8) is 0 Å². The Kier molecular flexibility index (Phi) is 7.57. The van der Waals surface area contributed by atoms with Crippen LogP contribution >= 0.6 is 14.6 Å². The Morgan fingerprint density at radius 1 is 0.840 bits per heavy atom. The fourth-order valence-electron chi connectivity index (χ4n) is 1.98. The maximum Gasteiger partial charge on any atom is 0.485 e. The van der Waals surface area contributed by atoms with Gasteiger partial charge in [-0.15, -0.1) is 0 Å². The van der Waals surface area contributed by atoms with E-state index in [4.69, 9.17) is 13.0 Å². The molecular weight excluding hydrogens is 391 g/mol. The van der Waals surface area contributed by atoms with Crippen molar-refractivity contribution in [1.29, 1.82) is 0 Å². The molecule has 2 rings (SSSR count). The molecule has 2 aromatic carbocycles. The molecule has 0 N–H and O–H groups in total. The first-order chi connectivity index (χ1) is 11.3. The van der Waals surface area contributed by atoms with Crippen LogP contribution in [-0.4, -0.2) is 38.5 Å². The third kappa shape index (κ3) is 7.02. The van der Waals surface area contributed by atoms with Gasteiger partial charge in [0.05, 0.1) is 20.0 Å². The second-order valence-electron chi connectivity index (χ2n) is 5.82. The van der Waals surface area contributed by atoms with E-state index < -0.39 is 22.6 Å². The van der Waals surface area contributed by atoms with Gasteiger partial charge in [0.2, 0.25) is 0 Å². The summed E-state index contributed by atoms with van der Waals surface area (Å²) in [5, 5.41) is 3.02. The number of hydrogen-bond donors (Lipinski definition) is 0. The van der Waals surface area contributed by atoms with E-state index in [1.807, 2.05) is 0 Å². The average molecular weight is 410 g/mol. The molecule has 0 radical (unpaired) electrons. The van der Waals surface area contributed by atoms with Crippen LogP contribution in [0.25, 0.3) is 0 Å². The van der Waals surface area contributed by atoms with E-state index in [-0.39, 0.29) is 7.61 Å². The number of benzene rings is 2. The minimum absolute atomic E-state index is 0.181. The maximum absolute atomic E-state index is 10.7. The standard InChI is InChI=1S/C15H19P2.CHF3O3S/c1-17(2,3)16(14-10-6-4-7-11-14)15-12-8-5-9-13-15;2-1(3,4)8(5,6)7/h4-13H,1-3H3;(H,5,6,7)/q+1;/p-1. The maximum atomic E-state index is 10.7. The van der Waals surface area contributed by atoms with Crippen molar-refractivity contribution in [2.24, 2.45) is 0 Å². The number of hydrogen-bond acceptors (Lipinski definition) is 3. The quantitative estimate of drug-likeness (QED) is 0.437. The van der Waals surface area contributed by atoms with Gasteiger partial charge in [0.1, 0.15) is 7.61 Å². The van der Waals surface area contributed by atoms with E-state index in [0.29, 0.717) is 0 Å². The van der Waals surface area contributed by atoms with E-state index >= 15 is 0 Å². The molecule has 0 aliphatic rings. The first-order valence-corrected chi connectivity index (χ1v) is 13.7. The molecule has 0 bridgehead atoms. The van der Waals surface area contributed by atoms with E-state index in [1.54, 1.807) is 0 Å². The van der Waals surface area contributed by atoms with Crippen LogP contribution in [-0.2, 0) is 10.1 Å². The zero-order chi connectivity index (χ0) is 19.3. The molecule has 0 fully saturated rings. The van der Waals surface area contributed by atoms with Gasteiger partial charge < -0.3 is 4.55 Å². The summed E-state index contributed by atoms with van der Waals surface area (Å²) in [4.78, 5) is 0. The molecule has 0 atom stereocenters. The van der Waals surface area contributed by atoms with E-state index in [9.17, 15) is 13.2 Å². The summed E-state index contributed by atoms with van der Waals surface area (Å²) in [6.07, 6.45) is 0. The summed E-state index contributed by atoms with van der Waals surface area (Å²) >= 11 is 0. The molecule has 138 valence electrons. The predicted molar refractivity (Wildman–Crippen MR) is 99.5 cm³/mol. The fourth-order valence-corrected chi connectivity index (χ4v) is 9.53. The van der Waals surface area contributed by atoms with Gasteiger partial charge in [-0.1, -0.05) is 60.7 Å². The van der Waals surface area contributed by atoms with Crippen molar-refractivity contribution in [1.82, 2.24) is 0 Å². The SMILES string of the molecule is C[P+](C)(C)P(c1ccccc1)c1ccccc1.O=S(=O)([O-])C(F)(F)F. The molecule has 0 spiro atoms. The van der Waals surface area contributed by atoms with Crippen LogP contribution in [0.2, 0.25) is 0 Å². The molecule has 0 saturated carbocycles. The zero-order valence-electron chi connectivity index (χ0n) is 13.9. The Bertz CT molecular complexity index is 719. The summed E-state index contributed by atoms with van der Waals surface area (Å²) < 4.78 is 58.9. The topological polar surface area (TPSA) is 57.2 Å². The smallest absolute Gasteiger partial charge is 0.485 e. The van der Waals surface area contributed by atoms with Gasteiger partial charge in [-0.2, -0.15) is 13.2 Å². The van der Waals surface area contributed by atoms with Crippen LogP contribution in [0.3, 0.4) is 0 Å². The van der Waals surface area contributed by atoms with Crippen molar-refractivity contribution < 1.29 is 26.1 Å². The molecule has 0 heterocycles. The third-order valence-electron chi connectivity index (χ3n) is 2.88. The largest absolute Gasteiger partial charge is 0.741 e. The van der Waals surface area contributed by atoms with Crippen LogP contribution < -0.4 is 10.6 Å². The number of rotatable bonds is 3. The van der Waals surface area contributed by atoms with E-state index in [1.165, 1.54) is 10.6 Å². The normalized spacial score (nSPS) is 12.5. The number of halogens is 3. The van der Waals surface area contributed by atoms with Crippen LogP contribution in [0.5, 0.6) is 0 Å². The summed E-state index contributed by atoms with van der Waals surface area (Å²) in [6.45, 7) is 6.42. The van der Waals surface area contributed by atoms with Crippen molar-refractivity contribution >= 4 is 35.3 Å². The lowest BCUT2D eigenvalue weighted by atomic mass is 10.4. The van der Waals surface area contributed by atoms with Crippen molar-refractivity contribution in [2.45, 2.75) is 5.51 Å². The Morgan fingerprint density at radius 2 is 1.12 bits per heavy atom. The monoisotopic (exact) mass is 410 g/mol. The Labute approximate surface area is 148 Å². The molecule has 0 aromatic heterocycles. The molecule has 0 saturated heterocycles. The van der Waals surface area contributed by atoms with Crippen LogP contribution in [0.4, 0.5) is 13.2 Å². The second-order valence-corrected chi connectivity index (χ2v) is 17.5. The molecule has 9 heteroatoms. The lowest BCUT2D eigenvalue weighted by molar-refractivity contribution is -0.0517. The Hall–Kier alpha value is -1.00. The highest BCUT2D eigenvalue weighted by molar-refractivity contribution is 8.43. The van der Waals surface area contributed by atoms with Gasteiger partial charge in [-0.3, -0.25) is 0 Å². The van der Waals surface area contributed by atoms with Gasteiger partial charge in [0.15, 0.2) is 10.1 Å². The van der Waals surface area contributed by atoms with Gasteiger partial charge in [-0.05, 0) is 0 Å². The van der Waals surface area contributed by atoms with Gasteiger partial charge in [0.25, 0.3) is 0 Å². The molecule has 3 nitrogen and oxygen atoms in total. The second kappa shape index (κ2) is 8.59. The highest BCUT2D eigenvalue weighted by Gasteiger charge is 2.37. The Balaban J connectivity index is 0.000000333. The van der Waals surface area contributed by atoms with E-state index in [0.717, 1.165) is 0 Å². The van der Waals surface area contributed by atoms with Gasteiger partial charge in [-0.25, -0.2) is 8.42 Å². The molecule has 0 aliphatic carbocycles. The summed E-state index contributed by atoms with van der Waals surface area (Å²) in [7, 11) is -6.27. The summed E-state index contributed by atoms with van der Waals surface area (Å²) in [5.74, 6) is 0. The van der Waals surface area contributed by atoms with Crippen molar-refractivity contribution in [3.8, 4) is 0 Å². The molecular formula is C16H19F3O3P2S. The number of alkyl halides is 3. The molecule has 25 heavy (non-hydrogen) atoms. The van der Waals surface area contributed by atoms with Crippen molar-refractivity contribution in [3.05, 3.63) is 60.7 Å². The summed E-state index contributed by atoms with van der Waals surface area (Å²) in [5.41, 5.74) is -5.65. The van der Waals surface area contributed by atoms with Crippen molar-refractivity contribution in [2.75, 3.05) is 20.0 Å². The predicted octanol–water partition coefficient (Wildman–Crippen LogP) is 3.99. The zero-order valence-corrected chi connectivity index (χ0v) is 16.5. The lowest BCUT2D eigenvalue weighted by Crippen LogP contribution is -2.21. The van der Waals surface area contributed by atoms with Crippen LogP contribution in [0.15, 0.2) is 60.7 Å². The highest BCUT2D eigenvalue weighted by atomic mass is 32.2. The minimum Gasteiger partial charge on any atom is -0.741 e. The first-order valence-electron chi connectivity index (χ1n) is 7.08. The average Bonchev–Trinajstić information content (AvgIpc) is 2.47. The summed E-state index contributed by atoms with van der Waals surface area (Å²) in [6, 6.07) is 22.0. The van der Waals surface area contributed by atoms with Gasteiger partial charge >= 0.3 is 5.51 Å². The molecule has 2 aromatic rings. The van der Waals surface area contributed by atoms with Crippen LogP contribution in [0, 0.1) is 0 Å². The molecule has 0 unspecified atom stereocenters. The van der Waals surface area contributed by atoms with E-state index in [2.05, 4.69) is 80.7 Å². The first kappa shape index (κ1) is 22.0. The highest BCUT2D eigenvalue weighted by Crippen LogP contribution is 2.75. The van der Waals surface area contributed by atoms with Crippen LogP contribution in [0.1, 0.15) is 0 Å². The third-order valence-corrected chi connectivity index (χ3v) is 11.2. The fraction of sp³-hybridized carbons (Fsp3) is 0.250. The molecule has 0 aliphatic heterocycles.